The Morgan fingerprint density at radius 2 is 2.00 bits per heavy atom. The van der Waals surface area contributed by atoms with E-state index in [-0.39, 0.29) is 5.56 Å². The molecule has 0 radical (unpaired) electrons. The second kappa shape index (κ2) is 5.36. The van der Waals surface area contributed by atoms with Gasteiger partial charge >= 0.3 is 0 Å². The van der Waals surface area contributed by atoms with Crippen LogP contribution in [0.1, 0.15) is 11.3 Å². The standard InChI is InChI=1S/C13H7Cl2N3OS/c14-10-4-2-8(5-11(10)15)1-3-9-6-12(19)18-13(17-9)20-7-16-18/h1-7H. The summed E-state index contributed by atoms with van der Waals surface area (Å²) < 4.78 is 1.27. The van der Waals surface area contributed by atoms with Crippen LogP contribution in [0, 0.1) is 0 Å². The van der Waals surface area contributed by atoms with Crippen LogP contribution in [0.15, 0.2) is 34.6 Å². The van der Waals surface area contributed by atoms with Gasteiger partial charge in [-0.1, -0.05) is 46.7 Å². The van der Waals surface area contributed by atoms with E-state index in [1.54, 1.807) is 23.7 Å². The highest BCUT2D eigenvalue weighted by Crippen LogP contribution is 2.23. The molecule has 0 saturated heterocycles. The molecule has 0 atom stereocenters. The fraction of sp³-hybridized carbons (Fsp3) is 0. The Hall–Kier alpha value is -1.69. The molecule has 0 unspecified atom stereocenters. The minimum absolute atomic E-state index is 0.204. The van der Waals surface area contributed by atoms with Gasteiger partial charge in [-0.3, -0.25) is 4.79 Å². The van der Waals surface area contributed by atoms with Gasteiger partial charge in [0.25, 0.3) is 5.56 Å². The number of hydrogen-bond donors (Lipinski definition) is 0. The van der Waals surface area contributed by atoms with Gasteiger partial charge < -0.3 is 0 Å². The van der Waals surface area contributed by atoms with Crippen LogP contribution in [0.4, 0.5) is 0 Å². The summed E-state index contributed by atoms with van der Waals surface area (Å²) in [4.78, 5) is 16.7. The smallest absolute Gasteiger partial charge is 0.267 e. The van der Waals surface area contributed by atoms with E-state index in [2.05, 4.69) is 10.1 Å². The lowest BCUT2D eigenvalue weighted by Crippen LogP contribution is -2.13. The number of rotatable bonds is 2. The van der Waals surface area contributed by atoms with E-state index in [0.29, 0.717) is 20.7 Å². The number of fused-ring (bicyclic) bond motifs is 1. The van der Waals surface area contributed by atoms with Gasteiger partial charge in [0.15, 0.2) is 0 Å². The van der Waals surface area contributed by atoms with Gasteiger partial charge in [-0.2, -0.15) is 9.61 Å². The lowest BCUT2D eigenvalue weighted by atomic mass is 10.2. The van der Waals surface area contributed by atoms with Crippen LogP contribution in [0.2, 0.25) is 10.0 Å². The van der Waals surface area contributed by atoms with Crippen LogP contribution in [0.3, 0.4) is 0 Å². The molecule has 20 heavy (non-hydrogen) atoms. The van der Waals surface area contributed by atoms with E-state index in [4.69, 9.17) is 23.2 Å². The molecule has 7 heteroatoms. The van der Waals surface area contributed by atoms with E-state index in [9.17, 15) is 4.79 Å². The van der Waals surface area contributed by atoms with Gasteiger partial charge in [0, 0.05) is 6.07 Å². The zero-order valence-corrected chi connectivity index (χ0v) is 12.3. The van der Waals surface area contributed by atoms with Gasteiger partial charge in [-0.25, -0.2) is 4.98 Å². The summed E-state index contributed by atoms with van der Waals surface area (Å²) in [6.07, 6.45) is 3.57. The maximum atomic E-state index is 11.8. The molecule has 0 spiro atoms. The molecule has 0 aliphatic carbocycles. The molecular formula is C13H7Cl2N3OS. The van der Waals surface area contributed by atoms with Crippen molar-refractivity contribution in [1.29, 1.82) is 0 Å². The Balaban J connectivity index is 1.97. The average Bonchev–Trinajstić information content (AvgIpc) is 2.89. The van der Waals surface area contributed by atoms with E-state index < -0.39 is 0 Å². The zero-order valence-electron chi connectivity index (χ0n) is 9.96. The fourth-order valence-corrected chi connectivity index (χ4v) is 2.59. The van der Waals surface area contributed by atoms with Gasteiger partial charge in [-0.15, -0.1) is 0 Å². The summed E-state index contributed by atoms with van der Waals surface area (Å²) in [7, 11) is 0. The summed E-state index contributed by atoms with van der Waals surface area (Å²) in [5.41, 5.74) is 2.83. The van der Waals surface area contributed by atoms with Crippen molar-refractivity contribution in [2.75, 3.05) is 0 Å². The maximum absolute atomic E-state index is 11.8. The molecule has 0 aliphatic heterocycles. The van der Waals surface area contributed by atoms with Crippen molar-refractivity contribution in [3.8, 4) is 0 Å². The Kier molecular flexibility index (Phi) is 3.56. The minimum Gasteiger partial charge on any atom is -0.267 e. The molecule has 100 valence electrons. The summed E-state index contributed by atoms with van der Waals surface area (Å²) in [5.74, 6) is 0. The third-order valence-corrected chi connectivity index (χ3v) is 4.01. The normalized spacial score (nSPS) is 11.5. The van der Waals surface area contributed by atoms with Crippen molar-refractivity contribution in [2.24, 2.45) is 0 Å². The molecule has 4 nitrogen and oxygen atoms in total. The fourth-order valence-electron chi connectivity index (χ4n) is 1.66. The van der Waals surface area contributed by atoms with E-state index in [1.807, 2.05) is 12.1 Å². The average molecular weight is 324 g/mol. The van der Waals surface area contributed by atoms with Crippen molar-refractivity contribution in [1.82, 2.24) is 14.6 Å². The van der Waals surface area contributed by atoms with Gasteiger partial charge in [0.2, 0.25) is 4.96 Å². The molecule has 0 saturated carbocycles. The largest absolute Gasteiger partial charge is 0.275 e. The Labute approximate surface area is 127 Å². The van der Waals surface area contributed by atoms with Crippen LogP contribution < -0.4 is 5.56 Å². The molecule has 0 N–H and O–H groups in total. The monoisotopic (exact) mass is 323 g/mol. The molecule has 2 aromatic heterocycles. The highest BCUT2D eigenvalue weighted by atomic mass is 35.5. The van der Waals surface area contributed by atoms with Crippen LogP contribution in [0.25, 0.3) is 17.1 Å². The molecule has 3 aromatic rings. The molecule has 0 fully saturated rings. The molecule has 3 rings (SSSR count). The first-order valence-corrected chi connectivity index (χ1v) is 7.24. The zero-order chi connectivity index (χ0) is 14.1. The number of aromatic nitrogens is 3. The van der Waals surface area contributed by atoms with E-state index >= 15 is 0 Å². The SMILES string of the molecule is O=c1cc(C=Cc2ccc(Cl)c(Cl)c2)nc2scnn12. The lowest BCUT2D eigenvalue weighted by molar-refractivity contribution is 0.897. The topological polar surface area (TPSA) is 47.3 Å². The maximum Gasteiger partial charge on any atom is 0.275 e. The summed E-state index contributed by atoms with van der Waals surface area (Å²) in [6, 6.07) is 6.74. The molecule has 2 heterocycles. The van der Waals surface area contributed by atoms with Crippen molar-refractivity contribution in [3.05, 3.63) is 61.4 Å². The lowest BCUT2D eigenvalue weighted by Gasteiger charge is -1.98. The van der Waals surface area contributed by atoms with E-state index in [1.165, 1.54) is 21.9 Å². The predicted octanol–water partition coefficient (Wildman–Crippen LogP) is 3.63. The van der Waals surface area contributed by atoms with Crippen molar-refractivity contribution < 1.29 is 0 Å². The van der Waals surface area contributed by atoms with Crippen molar-refractivity contribution in [2.45, 2.75) is 0 Å². The number of hydrogen-bond acceptors (Lipinski definition) is 4. The Bertz CT molecular complexity index is 869. The number of benzene rings is 1. The Morgan fingerprint density at radius 1 is 1.15 bits per heavy atom. The van der Waals surface area contributed by atoms with Crippen LogP contribution in [-0.4, -0.2) is 14.6 Å². The summed E-state index contributed by atoms with van der Waals surface area (Å²) >= 11 is 13.1. The third kappa shape index (κ3) is 2.60. The van der Waals surface area contributed by atoms with Crippen molar-refractivity contribution in [3.63, 3.8) is 0 Å². The highest BCUT2D eigenvalue weighted by Gasteiger charge is 2.02. The van der Waals surface area contributed by atoms with Gasteiger partial charge in [-0.05, 0) is 23.8 Å². The van der Waals surface area contributed by atoms with Crippen molar-refractivity contribution >= 4 is 51.7 Å². The second-order valence-electron chi connectivity index (χ2n) is 3.96. The first kappa shape index (κ1) is 13.3. The quantitative estimate of drug-likeness (QED) is 0.723. The molecule has 1 aromatic carbocycles. The summed E-state index contributed by atoms with van der Waals surface area (Å²) in [6.45, 7) is 0. The summed E-state index contributed by atoms with van der Waals surface area (Å²) in [5, 5.41) is 4.89. The minimum atomic E-state index is -0.204. The first-order chi connectivity index (χ1) is 9.63. The molecule has 0 bridgehead atoms. The van der Waals surface area contributed by atoms with Crippen LogP contribution in [0.5, 0.6) is 0 Å². The number of halogens is 2. The third-order valence-electron chi connectivity index (χ3n) is 2.60. The first-order valence-electron chi connectivity index (χ1n) is 5.60. The highest BCUT2D eigenvalue weighted by molar-refractivity contribution is 7.14. The molecule has 0 aliphatic rings. The molecular weight excluding hydrogens is 317 g/mol. The second-order valence-corrected chi connectivity index (χ2v) is 5.59. The van der Waals surface area contributed by atoms with E-state index in [0.717, 1.165) is 5.56 Å². The van der Waals surface area contributed by atoms with Crippen LogP contribution in [-0.2, 0) is 0 Å². The van der Waals surface area contributed by atoms with Gasteiger partial charge in [0.1, 0.15) is 5.51 Å². The van der Waals surface area contributed by atoms with Crippen LogP contribution >= 0.6 is 34.5 Å². The Morgan fingerprint density at radius 3 is 2.80 bits per heavy atom. The van der Waals surface area contributed by atoms with Gasteiger partial charge in [0.05, 0.1) is 15.7 Å². The molecule has 0 amide bonds. The predicted molar refractivity (Wildman–Crippen MR) is 82.5 cm³/mol. The number of nitrogens with zero attached hydrogens (tertiary/aromatic N) is 3.